The standard InChI is InChI=1S/C43H39N9O6S4/c1-2-58-38(57)33-26-62-42(48-33)52-37(56)32-25-61-41(47-32)51-36(55)31-24-60-40(46-31)50-35(54)30-23-59-39(45-30)49-34(53)21-13-6-14-22-44-43(27-15-7-3-8-16-27,28-17-9-4-10-18-28)29-19-11-5-12-20-29/h3-5,7-12,15-20,23-26,44H,2,6,13-14,21-22H2,1H3,(H,45,49,53)(H,46,50,54)(H,47,51,55)(H,48,52,56). The van der Waals surface area contributed by atoms with E-state index in [-0.39, 0.29) is 50.7 Å². The number of unbranched alkanes of at least 4 members (excludes halogenated alkanes) is 2. The minimum Gasteiger partial charge on any atom is -0.461 e. The summed E-state index contributed by atoms with van der Waals surface area (Å²) in [5, 5.41) is 21.2. The largest absolute Gasteiger partial charge is 0.461 e. The quantitative estimate of drug-likeness (QED) is 0.0295. The molecule has 0 radical (unpaired) electrons. The first kappa shape index (κ1) is 43.6. The van der Waals surface area contributed by atoms with Crippen LogP contribution in [0.5, 0.6) is 0 Å². The van der Waals surface area contributed by atoms with E-state index in [2.05, 4.69) is 119 Å². The Bertz CT molecular complexity index is 2530. The molecule has 0 aliphatic rings. The molecule has 0 aliphatic carbocycles. The Labute approximate surface area is 372 Å². The number of aromatic nitrogens is 4. The Morgan fingerprint density at radius 1 is 0.516 bits per heavy atom. The number of thiazole rings is 4. The number of hydrogen-bond donors (Lipinski definition) is 5. The molecule has 62 heavy (non-hydrogen) atoms. The van der Waals surface area contributed by atoms with Crippen LogP contribution in [0.4, 0.5) is 20.5 Å². The van der Waals surface area contributed by atoms with Gasteiger partial charge in [0.2, 0.25) is 5.91 Å². The first-order chi connectivity index (χ1) is 30.2. The van der Waals surface area contributed by atoms with Gasteiger partial charge in [-0.2, -0.15) is 0 Å². The molecule has 0 spiro atoms. The van der Waals surface area contributed by atoms with Gasteiger partial charge in [-0.05, 0) is 43.0 Å². The zero-order chi connectivity index (χ0) is 43.3. The third kappa shape index (κ3) is 10.9. The van der Waals surface area contributed by atoms with Crippen molar-refractivity contribution in [2.45, 2.75) is 38.1 Å². The molecular weight excluding hydrogens is 867 g/mol. The van der Waals surface area contributed by atoms with Gasteiger partial charge in [-0.1, -0.05) is 97.4 Å². The van der Waals surface area contributed by atoms with Crippen molar-refractivity contribution in [1.82, 2.24) is 25.3 Å². The maximum Gasteiger partial charge on any atom is 0.357 e. The topological polar surface area (TPSA) is 206 Å². The van der Waals surface area contributed by atoms with Crippen molar-refractivity contribution in [2.24, 2.45) is 0 Å². The number of amides is 4. The van der Waals surface area contributed by atoms with Crippen LogP contribution in [0, 0.1) is 0 Å². The number of ether oxygens (including phenoxy) is 1. The van der Waals surface area contributed by atoms with Gasteiger partial charge in [0.15, 0.2) is 26.2 Å². The molecule has 0 atom stereocenters. The Morgan fingerprint density at radius 2 is 0.903 bits per heavy atom. The lowest BCUT2D eigenvalue weighted by Crippen LogP contribution is -2.45. The molecule has 0 saturated carbocycles. The molecule has 0 fully saturated rings. The summed E-state index contributed by atoms with van der Waals surface area (Å²) < 4.78 is 4.91. The molecule has 4 amide bonds. The van der Waals surface area contributed by atoms with Crippen LogP contribution in [-0.4, -0.2) is 62.7 Å². The number of benzene rings is 3. The molecule has 4 heterocycles. The number of nitrogens with one attached hydrogen (secondary N) is 5. The van der Waals surface area contributed by atoms with Crippen molar-refractivity contribution >= 4 is 95.5 Å². The number of nitrogens with zero attached hydrogens (tertiary/aromatic N) is 4. The van der Waals surface area contributed by atoms with Crippen molar-refractivity contribution in [3.8, 4) is 0 Å². The van der Waals surface area contributed by atoms with E-state index in [1.807, 2.05) is 18.2 Å². The SMILES string of the molecule is CCOC(=O)c1csc(NC(=O)c2csc(NC(=O)c3csc(NC(=O)c4csc(NC(=O)CCCCCNC(c5ccccc5)(c5ccccc5)c5ccccc5)n4)n3)n2)n1. The van der Waals surface area contributed by atoms with Crippen LogP contribution in [0.25, 0.3) is 0 Å². The molecule has 3 aromatic carbocycles. The lowest BCUT2D eigenvalue weighted by atomic mass is 9.77. The number of carbonyl (C=O) groups excluding carboxylic acids is 5. The van der Waals surface area contributed by atoms with E-state index in [9.17, 15) is 24.0 Å². The van der Waals surface area contributed by atoms with Gasteiger partial charge in [-0.25, -0.2) is 24.7 Å². The fraction of sp³-hybridized carbons (Fsp3) is 0.186. The van der Waals surface area contributed by atoms with Crippen LogP contribution in [0.3, 0.4) is 0 Å². The highest BCUT2D eigenvalue weighted by atomic mass is 32.1. The van der Waals surface area contributed by atoms with Crippen molar-refractivity contribution in [1.29, 1.82) is 0 Å². The van der Waals surface area contributed by atoms with Gasteiger partial charge in [-0.3, -0.25) is 40.4 Å². The van der Waals surface area contributed by atoms with Gasteiger partial charge in [0, 0.05) is 27.9 Å². The summed E-state index contributed by atoms with van der Waals surface area (Å²) in [6.45, 7) is 2.60. The summed E-state index contributed by atoms with van der Waals surface area (Å²) in [6.07, 6.45) is 2.65. The molecule has 5 N–H and O–H groups in total. The van der Waals surface area contributed by atoms with Crippen molar-refractivity contribution in [3.05, 3.63) is 152 Å². The Morgan fingerprint density at radius 3 is 1.32 bits per heavy atom. The third-order valence-corrected chi connectivity index (χ3v) is 12.2. The summed E-state index contributed by atoms with van der Waals surface area (Å²) in [4.78, 5) is 79.9. The van der Waals surface area contributed by atoms with Crippen LogP contribution in [0.2, 0.25) is 0 Å². The van der Waals surface area contributed by atoms with Gasteiger partial charge in [0.25, 0.3) is 17.7 Å². The van der Waals surface area contributed by atoms with E-state index in [0.717, 1.165) is 81.4 Å². The molecule has 0 aliphatic heterocycles. The summed E-state index contributed by atoms with van der Waals surface area (Å²) in [7, 11) is 0. The van der Waals surface area contributed by atoms with Gasteiger partial charge in [-0.15, -0.1) is 45.3 Å². The van der Waals surface area contributed by atoms with Gasteiger partial charge < -0.3 is 10.1 Å². The predicted molar refractivity (Wildman–Crippen MR) is 243 cm³/mol. The van der Waals surface area contributed by atoms with E-state index in [1.54, 1.807) is 6.92 Å². The number of carbonyl (C=O) groups is 5. The molecule has 4 aromatic heterocycles. The number of hydrogen-bond acceptors (Lipinski definition) is 15. The molecule has 7 rings (SSSR count). The van der Waals surface area contributed by atoms with E-state index in [4.69, 9.17) is 4.74 Å². The highest BCUT2D eigenvalue weighted by Crippen LogP contribution is 2.37. The molecular formula is C43H39N9O6S4. The first-order valence-corrected chi connectivity index (χ1v) is 22.9. The number of esters is 1. The van der Waals surface area contributed by atoms with Crippen LogP contribution in [0.1, 0.15) is 91.3 Å². The van der Waals surface area contributed by atoms with Crippen molar-refractivity contribution < 1.29 is 28.7 Å². The van der Waals surface area contributed by atoms with Crippen molar-refractivity contribution in [3.63, 3.8) is 0 Å². The van der Waals surface area contributed by atoms with Gasteiger partial charge >= 0.3 is 5.97 Å². The van der Waals surface area contributed by atoms with E-state index < -0.39 is 29.2 Å². The fourth-order valence-corrected chi connectivity index (χ4v) is 9.09. The zero-order valence-electron chi connectivity index (χ0n) is 33.1. The minimum atomic E-state index is -0.600. The molecule has 7 aromatic rings. The lowest BCUT2D eigenvalue weighted by Gasteiger charge is -2.37. The zero-order valence-corrected chi connectivity index (χ0v) is 36.3. The van der Waals surface area contributed by atoms with Gasteiger partial charge in [0.05, 0.1) is 12.1 Å². The van der Waals surface area contributed by atoms with Gasteiger partial charge in [0.1, 0.15) is 17.1 Å². The normalized spacial score (nSPS) is 11.1. The Balaban J connectivity index is 0.847. The minimum absolute atomic E-state index is 0.0192. The lowest BCUT2D eigenvalue weighted by molar-refractivity contribution is -0.116. The first-order valence-electron chi connectivity index (χ1n) is 19.4. The smallest absolute Gasteiger partial charge is 0.357 e. The molecule has 316 valence electrons. The van der Waals surface area contributed by atoms with Crippen LogP contribution < -0.4 is 26.6 Å². The summed E-state index contributed by atoms with van der Waals surface area (Å²) >= 11 is 4.25. The molecule has 15 nitrogen and oxygen atoms in total. The second-order valence-electron chi connectivity index (χ2n) is 13.4. The Kier molecular flexibility index (Phi) is 14.6. The van der Waals surface area contributed by atoms with E-state index in [0.29, 0.717) is 18.0 Å². The second kappa shape index (κ2) is 20.8. The van der Waals surface area contributed by atoms with Crippen LogP contribution in [0.15, 0.2) is 113 Å². The fourth-order valence-electron chi connectivity index (χ4n) is 6.34. The maximum atomic E-state index is 13.0. The molecule has 0 saturated heterocycles. The monoisotopic (exact) mass is 905 g/mol. The highest BCUT2D eigenvalue weighted by molar-refractivity contribution is 7.15. The van der Waals surface area contributed by atoms with E-state index >= 15 is 0 Å². The maximum absolute atomic E-state index is 13.0. The average Bonchev–Trinajstić information content (AvgIpc) is 4.14. The van der Waals surface area contributed by atoms with Crippen LogP contribution in [-0.2, 0) is 15.1 Å². The number of rotatable bonds is 19. The third-order valence-electron chi connectivity index (χ3n) is 9.20. The van der Waals surface area contributed by atoms with Crippen molar-refractivity contribution in [2.75, 3.05) is 34.4 Å². The summed E-state index contributed by atoms with van der Waals surface area (Å²) in [5.41, 5.74) is 3.09. The number of anilines is 4. The van der Waals surface area contributed by atoms with Crippen LogP contribution >= 0.6 is 45.3 Å². The van der Waals surface area contributed by atoms with E-state index in [1.165, 1.54) is 21.5 Å². The predicted octanol–water partition coefficient (Wildman–Crippen LogP) is 8.53. The Hall–Kier alpha value is -6.51. The molecule has 19 heteroatoms. The summed E-state index contributed by atoms with van der Waals surface area (Å²) in [6, 6.07) is 31.3. The highest BCUT2D eigenvalue weighted by Gasteiger charge is 2.35. The molecule has 0 unspecified atom stereocenters. The average molecular weight is 906 g/mol. The summed E-state index contributed by atoms with van der Waals surface area (Å²) in [5.74, 6) is -2.53. The molecule has 0 bridgehead atoms. The second-order valence-corrected chi connectivity index (χ2v) is 16.8.